The molecule has 104 valence electrons. The van der Waals surface area contributed by atoms with Crippen LogP contribution in [0.1, 0.15) is 11.7 Å². The fraction of sp³-hybridized carbons (Fsp3) is 0.200. The van der Waals surface area contributed by atoms with Crippen LogP contribution in [0.15, 0.2) is 47.4 Å². The Labute approximate surface area is 119 Å². The lowest BCUT2D eigenvalue weighted by atomic mass is 10.0. The Balaban J connectivity index is 1.82. The Bertz CT molecular complexity index is 633. The normalized spacial score (nSPS) is 19.1. The monoisotopic (exact) mass is 294 g/mol. The molecule has 2 unspecified atom stereocenters. The van der Waals surface area contributed by atoms with Gasteiger partial charge in [0.05, 0.1) is 0 Å². The lowest BCUT2D eigenvalue weighted by Gasteiger charge is -2.29. The number of ether oxygens (including phenoxy) is 1. The number of aliphatic hydroxyl groups is 1. The van der Waals surface area contributed by atoms with E-state index in [4.69, 9.17) is 4.74 Å². The molecule has 1 N–H and O–H groups in total. The third kappa shape index (κ3) is 2.51. The number of rotatable bonds is 2. The third-order valence-electron chi connectivity index (χ3n) is 3.17. The lowest BCUT2D eigenvalue weighted by Crippen LogP contribution is -2.30. The Morgan fingerprint density at radius 1 is 1.15 bits per heavy atom. The highest BCUT2D eigenvalue weighted by molar-refractivity contribution is 7.99. The molecule has 5 heteroatoms. The Morgan fingerprint density at radius 2 is 1.95 bits per heavy atom. The molecular formula is C15H12F2O2S. The van der Waals surface area contributed by atoms with Crippen molar-refractivity contribution in [3.05, 3.63) is 59.7 Å². The molecule has 0 fully saturated rings. The van der Waals surface area contributed by atoms with Crippen LogP contribution in [-0.2, 0) is 0 Å². The zero-order chi connectivity index (χ0) is 14.1. The van der Waals surface area contributed by atoms with Crippen LogP contribution in [0.3, 0.4) is 0 Å². The van der Waals surface area contributed by atoms with E-state index in [0.717, 1.165) is 17.0 Å². The van der Waals surface area contributed by atoms with Crippen LogP contribution in [0, 0.1) is 11.6 Å². The molecule has 0 amide bonds. The van der Waals surface area contributed by atoms with E-state index in [1.807, 2.05) is 24.3 Å². The van der Waals surface area contributed by atoms with Gasteiger partial charge in [-0.25, -0.2) is 8.78 Å². The average Bonchev–Trinajstić information content (AvgIpc) is 2.49. The molecule has 2 atom stereocenters. The van der Waals surface area contributed by atoms with E-state index in [1.165, 1.54) is 6.07 Å². The fourth-order valence-corrected chi connectivity index (χ4v) is 3.13. The number of benzene rings is 2. The Kier molecular flexibility index (Phi) is 3.63. The highest BCUT2D eigenvalue weighted by atomic mass is 32.2. The molecule has 2 aromatic rings. The SMILES string of the molecule is OC(c1ccc(F)c(F)c1)C1CSc2ccccc2O1. The lowest BCUT2D eigenvalue weighted by molar-refractivity contribution is 0.0454. The van der Waals surface area contributed by atoms with Crippen LogP contribution < -0.4 is 4.74 Å². The summed E-state index contributed by atoms with van der Waals surface area (Å²) in [7, 11) is 0. The summed E-state index contributed by atoms with van der Waals surface area (Å²) in [5, 5.41) is 10.3. The van der Waals surface area contributed by atoms with Gasteiger partial charge in [-0.1, -0.05) is 18.2 Å². The maximum Gasteiger partial charge on any atom is 0.159 e. The molecule has 1 aliphatic heterocycles. The van der Waals surface area contributed by atoms with Gasteiger partial charge in [0.25, 0.3) is 0 Å². The van der Waals surface area contributed by atoms with Crippen LogP contribution >= 0.6 is 11.8 Å². The molecule has 1 aliphatic rings. The summed E-state index contributed by atoms with van der Waals surface area (Å²) in [5.74, 6) is -0.636. The van der Waals surface area contributed by atoms with Crippen LogP contribution in [0.4, 0.5) is 8.78 Å². The fourth-order valence-electron chi connectivity index (χ4n) is 2.10. The minimum Gasteiger partial charge on any atom is -0.485 e. The predicted octanol–water partition coefficient (Wildman–Crippen LogP) is 3.55. The number of aliphatic hydroxyl groups excluding tert-OH is 1. The molecule has 0 aromatic heterocycles. The van der Waals surface area contributed by atoms with Crippen molar-refractivity contribution in [2.24, 2.45) is 0 Å². The molecule has 2 nitrogen and oxygen atoms in total. The molecule has 0 spiro atoms. The van der Waals surface area contributed by atoms with Gasteiger partial charge < -0.3 is 9.84 Å². The second kappa shape index (κ2) is 5.42. The first-order valence-corrected chi connectivity index (χ1v) is 7.15. The molecule has 3 rings (SSSR count). The predicted molar refractivity (Wildman–Crippen MR) is 72.9 cm³/mol. The molecule has 0 saturated heterocycles. The minimum absolute atomic E-state index is 0.314. The summed E-state index contributed by atoms with van der Waals surface area (Å²) in [6, 6.07) is 10.9. The largest absolute Gasteiger partial charge is 0.485 e. The molecule has 0 aliphatic carbocycles. The summed E-state index contributed by atoms with van der Waals surface area (Å²) >= 11 is 1.57. The Hall–Kier alpha value is -1.59. The average molecular weight is 294 g/mol. The van der Waals surface area contributed by atoms with Crippen LogP contribution in [0.5, 0.6) is 5.75 Å². The van der Waals surface area contributed by atoms with Gasteiger partial charge in [0.15, 0.2) is 11.6 Å². The Morgan fingerprint density at radius 3 is 2.75 bits per heavy atom. The maximum absolute atomic E-state index is 13.2. The van der Waals surface area contributed by atoms with E-state index in [-0.39, 0.29) is 0 Å². The van der Waals surface area contributed by atoms with Crippen molar-refractivity contribution in [3.8, 4) is 5.75 Å². The highest BCUT2D eigenvalue weighted by Crippen LogP contribution is 2.38. The topological polar surface area (TPSA) is 29.5 Å². The van der Waals surface area contributed by atoms with Gasteiger partial charge in [-0.3, -0.25) is 0 Å². The van der Waals surface area contributed by atoms with Gasteiger partial charge in [0.2, 0.25) is 0 Å². The maximum atomic E-state index is 13.2. The number of halogens is 2. The number of fused-ring (bicyclic) bond motifs is 1. The van der Waals surface area contributed by atoms with Crippen molar-refractivity contribution in [2.45, 2.75) is 17.1 Å². The highest BCUT2D eigenvalue weighted by Gasteiger charge is 2.28. The first-order chi connectivity index (χ1) is 9.65. The number of thioether (sulfide) groups is 1. The van der Waals surface area contributed by atoms with Crippen LogP contribution in [0.2, 0.25) is 0 Å². The first kappa shape index (κ1) is 13.4. The summed E-state index contributed by atoms with van der Waals surface area (Å²) in [4.78, 5) is 1.02. The zero-order valence-corrected chi connectivity index (χ0v) is 11.2. The molecule has 2 aromatic carbocycles. The smallest absolute Gasteiger partial charge is 0.159 e. The van der Waals surface area contributed by atoms with Crippen molar-refractivity contribution >= 4 is 11.8 Å². The quantitative estimate of drug-likeness (QED) is 0.918. The molecule has 0 radical (unpaired) electrons. The van der Waals surface area contributed by atoms with Gasteiger partial charge in [-0.05, 0) is 29.8 Å². The van der Waals surface area contributed by atoms with E-state index >= 15 is 0 Å². The minimum atomic E-state index is -0.994. The number of hydrogen-bond acceptors (Lipinski definition) is 3. The molecule has 1 heterocycles. The van der Waals surface area contributed by atoms with Gasteiger partial charge >= 0.3 is 0 Å². The standard InChI is InChI=1S/C15H12F2O2S/c16-10-6-5-9(7-11(10)17)15(18)13-8-20-14-4-2-1-3-12(14)19-13/h1-7,13,15,18H,8H2. The zero-order valence-electron chi connectivity index (χ0n) is 10.4. The second-order valence-electron chi connectivity index (χ2n) is 4.53. The van der Waals surface area contributed by atoms with Crippen LogP contribution in [-0.4, -0.2) is 17.0 Å². The summed E-state index contributed by atoms with van der Waals surface area (Å²) in [5.41, 5.74) is 0.314. The molecular weight excluding hydrogens is 282 g/mol. The van der Waals surface area contributed by atoms with Gasteiger partial charge in [-0.2, -0.15) is 0 Å². The molecule has 0 bridgehead atoms. The van der Waals surface area contributed by atoms with Crippen molar-refractivity contribution < 1.29 is 18.6 Å². The summed E-state index contributed by atoms with van der Waals surface area (Å²) in [6.45, 7) is 0. The van der Waals surface area contributed by atoms with Crippen LogP contribution in [0.25, 0.3) is 0 Å². The molecule has 0 saturated carbocycles. The number of para-hydroxylation sites is 1. The summed E-state index contributed by atoms with van der Waals surface area (Å²) in [6.07, 6.45) is -1.48. The molecule has 20 heavy (non-hydrogen) atoms. The van der Waals surface area contributed by atoms with Gasteiger partial charge in [-0.15, -0.1) is 11.8 Å². The number of hydrogen-bond donors (Lipinski definition) is 1. The third-order valence-corrected chi connectivity index (χ3v) is 4.31. The van der Waals surface area contributed by atoms with Gasteiger partial charge in [0, 0.05) is 10.6 Å². The van der Waals surface area contributed by atoms with E-state index in [0.29, 0.717) is 17.1 Å². The van der Waals surface area contributed by atoms with E-state index < -0.39 is 23.8 Å². The van der Waals surface area contributed by atoms with E-state index in [2.05, 4.69) is 0 Å². The van der Waals surface area contributed by atoms with Crippen molar-refractivity contribution in [2.75, 3.05) is 5.75 Å². The second-order valence-corrected chi connectivity index (χ2v) is 5.59. The van der Waals surface area contributed by atoms with E-state index in [1.54, 1.807) is 11.8 Å². The van der Waals surface area contributed by atoms with Crippen molar-refractivity contribution in [1.82, 2.24) is 0 Å². The van der Waals surface area contributed by atoms with Crippen molar-refractivity contribution in [3.63, 3.8) is 0 Å². The van der Waals surface area contributed by atoms with E-state index in [9.17, 15) is 13.9 Å². The first-order valence-electron chi connectivity index (χ1n) is 6.16. The van der Waals surface area contributed by atoms with Crippen molar-refractivity contribution in [1.29, 1.82) is 0 Å². The summed E-state index contributed by atoms with van der Waals surface area (Å²) < 4.78 is 31.9. The van der Waals surface area contributed by atoms with Gasteiger partial charge in [0.1, 0.15) is 18.0 Å².